The van der Waals surface area contributed by atoms with Gasteiger partial charge >= 0.3 is 5.97 Å². The third-order valence-electron chi connectivity index (χ3n) is 6.35. The topological polar surface area (TPSA) is 26.3 Å². The largest absolute Gasteiger partial charge is 0.458 e. The Kier molecular flexibility index (Phi) is 5.99. The summed E-state index contributed by atoms with van der Waals surface area (Å²) < 4.78 is 33.6. The van der Waals surface area contributed by atoms with E-state index in [-0.39, 0.29) is 11.6 Å². The van der Waals surface area contributed by atoms with Crippen LogP contribution in [0.5, 0.6) is 0 Å². The highest BCUT2D eigenvalue weighted by Gasteiger charge is 2.46. The Labute approximate surface area is 155 Å². The Balaban J connectivity index is 1.91. The van der Waals surface area contributed by atoms with Crippen molar-refractivity contribution in [2.45, 2.75) is 95.0 Å². The molecule has 2 aliphatic carbocycles. The van der Waals surface area contributed by atoms with Crippen molar-refractivity contribution < 1.29 is 18.3 Å². The average molecular weight is 364 g/mol. The Bertz CT molecular complexity index is 624. The van der Waals surface area contributed by atoms with Gasteiger partial charge in [0.1, 0.15) is 5.60 Å². The molecule has 2 nitrogen and oxygen atoms in total. The first kappa shape index (κ1) is 19.3. The van der Waals surface area contributed by atoms with Crippen molar-refractivity contribution >= 4 is 5.97 Å². The molecule has 0 bridgehead atoms. The van der Waals surface area contributed by atoms with E-state index in [9.17, 15) is 13.6 Å². The molecule has 2 saturated carbocycles. The lowest BCUT2D eigenvalue weighted by Gasteiger charge is -2.42. The van der Waals surface area contributed by atoms with Crippen LogP contribution < -0.4 is 0 Å². The minimum atomic E-state index is -0.888. The summed E-state index contributed by atoms with van der Waals surface area (Å²) in [4.78, 5) is 13.4. The fraction of sp³-hybridized carbons (Fsp3) is 0.682. The number of hydrogen-bond acceptors (Lipinski definition) is 2. The van der Waals surface area contributed by atoms with E-state index in [2.05, 4.69) is 6.92 Å². The van der Waals surface area contributed by atoms with E-state index in [0.717, 1.165) is 63.9 Å². The minimum Gasteiger partial charge on any atom is -0.458 e. The van der Waals surface area contributed by atoms with Crippen LogP contribution in [0.25, 0.3) is 0 Å². The second kappa shape index (κ2) is 8.06. The number of halogens is 2. The zero-order chi connectivity index (χ0) is 18.6. The van der Waals surface area contributed by atoms with Crippen molar-refractivity contribution in [2.75, 3.05) is 0 Å². The van der Waals surface area contributed by atoms with Crippen LogP contribution >= 0.6 is 0 Å². The first-order valence-corrected chi connectivity index (χ1v) is 10.2. The molecule has 1 aromatic rings. The number of hydrogen-bond donors (Lipinski definition) is 0. The van der Waals surface area contributed by atoms with Crippen LogP contribution in [-0.2, 0) is 14.9 Å². The molecule has 26 heavy (non-hydrogen) atoms. The molecule has 0 aliphatic heterocycles. The van der Waals surface area contributed by atoms with Crippen molar-refractivity contribution in [3.63, 3.8) is 0 Å². The predicted octanol–water partition coefficient (Wildman–Crippen LogP) is 6.21. The molecule has 0 aromatic heterocycles. The van der Waals surface area contributed by atoms with Gasteiger partial charge in [-0.2, -0.15) is 0 Å². The second-order valence-electron chi connectivity index (χ2n) is 8.15. The van der Waals surface area contributed by atoms with Gasteiger partial charge in [-0.3, -0.25) is 4.79 Å². The standard InChI is InChI=1S/C22H30F2O2/c1-2-11-21(12-5-3-6-13-21)26-20(25)22(14-7-4-8-15-22)17-9-10-18(23)19(24)16-17/h9-10,16H,2-8,11-15H2,1H3. The van der Waals surface area contributed by atoms with Gasteiger partial charge in [-0.15, -0.1) is 0 Å². The molecule has 0 spiro atoms. The molecule has 0 amide bonds. The van der Waals surface area contributed by atoms with Crippen LogP contribution in [0.2, 0.25) is 0 Å². The number of ether oxygens (including phenoxy) is 1. The minimum absolute atomic E-state index is 0.224. The van der Waals surface area contributed by atoms with Crippen molar-refractivity contribution in [3.05, 3.63) is 35.4 Å². The van der Waals surface area contributed by atoms with Crippen LogP contribution in [0.15, 0.2) is 18.2 Å². The highest BCUT2D eigenvalue weighted by Crippen LogP contribution is 2.44. The summed E-state index contributed by atoms with van der Waals surface area (Å²) >= 11 is 0. The normalized spacial score (nSPS) is 22.0. The predicted molar refractivity (Wildman–Crippen MR) is 97.9 cm³/mol. The first-order chi connectivity index (χ1) is 12.5. The summed E-state index contributed by atoms with van der Waals surface area (Å²) in [5, 5.41) is 0. The molecule has 3 rings (SSSR count). The zero-order valence-electron chi connectivity index (χ0n) is 15.8. The van der Waals surface area contributed by atoms with E-state index < -0.39 is 17.0 Å². The number of benzene rings is 1. The lowest BCUT2D eigenvalue weighted by Crippen LogP contribution is -2.46. The quantitative estimate of drug-likeness (QED) is 0.580. The molecule has 1 aromatic carbocycles. The van der Waals surface area contributed by atoms with Crippen LogP contribution in [0, 0.1) is 11.6 Å². The van der Waals surface area contributed by atoms with E-state index in [1.165, 1.54) is 12.5 Å². The van der Waals surface area contributed by atoms with E-state index in [0.29, 0.717) is 18.4 Å². The van der Waals surface area contributed by atoms with Gasteiger partial charge in [-0.05, 0) is 62.6 Å². The van der Waals surface area contributed by atoms with Crippen molar-refractivity contribution in [1.82, 2.24) is 0 Å². The molecule has 0 saturated heterocycles. The summed E-state index contributed by atoms with van der Waals surface area (Å²) in [6, 6.07) is 3.91. The van der Waals surface area contributed by atoms with Gasteiger partial charge in [0.05, 0.1) is 5.41 Å². The Morgan fingerprint density at radius 1 is 0.962 bits per heavy atom. The van der Waals surface area contributed by atoms with Crippen molar-refractivity contribution in [2.24, 2.45) is 0 Å². The van der Waals surface area contributed by atoms with Gasteiger partial charge in [0.15, 0.2) is 11.6 Å². The zero-order valence-corrected chi connectivity index (χ0v) is 15.8. The third-order valence-corrected chi connectivity index (χ3v) is 6.35. The van der Waals surface area contributed by atoms with Gasteiger partial charge in [0.2, 0.25) is 0 Å². The fourth-order valence-electron chi connectivity index (χ4n) is 4.91. The highest BCUT2D eigenvalue weighted by molar-refractivity contribution is 5.83. The number of carbonyl (C=O) groups is 1. The molecule has 0 atom stereocenters. The summed E-state index contributed by atoms with van der Waals surface area (Å²) in [5.74, 6) is -1.98. The van der Waals surface area contributed by atoms with Gasteiger partial charge in [-0.1, -0.05) is 45.1 Å². The van der Waals surface area contributed by atoms with E-state index >= 15 is 0 Å². The second-order valence-corrected chi connectivity index (χ2v) is 8.15. The maximum absolute atomic E-state index is 13.9. The molecule has 0 N–H and O–H groups in total. The molecular weight excluding hydrogens is 334 g/mol. The molecule has 0 unspecified atom stereocenters. The molecule has 2 aliphatic rings. The number of rotatable bonds is 5. The monoisotopic (exact) mass is 364 g/mol. The van der Waals surface area contributed by atoms with E-state index in [1.807, 2.05) is 0 Å². The maximum atomic E-state index is 13.9. The smallest absolute Gasteiger partial charge is 0.317 e. The van der Waals surface area contributed by atoms with E-state index in [4.69, 9.17) is 4.74 Å². The third kappa shape index (κ3) is 3.79. The van der Waals surface area contributed by atoms with Crippen molar-refractivity contribution in [3.8, 4) is 0 Å². The lowest BCUT2D eigenvalue weighted by atomic mass is 9.69. The van der Waals surface area contributed by atoms with Gasteiger partial charge in [-0.25, -0.2) is 8.78 Å². The summed E-state index contributed by atoms with van der Waals surface area (Å²) in [6.45, 7) is 2.12. The van der Waals surface area contributed by atoms with Gasteiger partial charge < -0.3 is 4.74 Å². The molecule has 0 heterocycles. The Hall–Kier alpha value is -1.45. The summed E-state index contributed by atoms with van der Waals surface area (Å²) in [5.41, 5.74) is -0.624. The average Bonchev–Trinajstić information content (AvgIpc) is 2.65. The van der Waals surface area contributed by atoms with Gasteiger partial charge in [0.25, 0.3) is 0 Å². The Morgan fingerprint density at radius 2 is 1.58 bits per heavy atom. The van der Waals surface area contributed by atoms with Crippen LogP contribution in [0.1, 0.15) is 89.5 Å². The van der Waals surface area contributed by atoms with Gasteiger partial charge in [0, 0.05) is 0 Å². The van der Waals surface area contributed by atoms with Crippen LogP contribution in [0.3, 0.4) is 0 Å². The highest BCUT2D eigenvalue weighted by atomic mass is 19.2. The molecule has 144 valence electrons. The fourth-order valence-corrected chi connectivity index (χ4v) is 4.91. The number of esters is 1. The summed E-state index contributed by atoms with van der Waals surface area (Å²) in [6.07, 6.45) is 11.3. The first-order valence-electron chi connectivity index (χ1n) is 10.2. The van der Waals surface area contributed by atoms with E-state index in [1.54, 1.807) is 6.07 Å². The summed E-state index contributed by atoms with van der Waals surface area (Å²) in [7, 11) is 0. The van der Waals surface area contributed by atoms with Crippen LogP contribution in [0.4, 0.5) is 8.78 Å². The van der Waals surface area contributed by atoms with Crippen LogP contribution in [-0.4, -0.2) is 11.6 Å². The SMILES string of the molecule is CCCC1(OC(=O)C2(c3ccc(F)c(F)c3)CCCCC2)CCCCC1. The maximum Gasteiger partial charge on any atom is 0.317 e. The van der Waals surface area contributed by atoms with Crippen molar-refractivity contribution in [1.29, 1.82) is 0 Å². The lowest BCUT2D eigenvalue weighted by molar-refractivity contribution is -0.173. The number of carbonyl (C=O) groups excluding carboxylic acids is 1. The Morgan fingerprint density at radius 3 is 2.15 bits per heavy atom. The molecule has 0 radical (unpaired) electrons. The molecule has 2 fully saturated rings. The molecular formula is C22H30F2O2. The molecule has 4 heteroatoms.